The van der Waals surface area contributed by atoms with Gasteiger partial charge in [0, 0.05) is 20.8 Å². The standard InChI is InChI=1S/C13H12BrClN4O/c1-7-4-8(5-12(17-7)19-16)13(20)18-11-3-2-9(15)6-10(11)14/h2-6H,16H2,1H3,(H,17,19)(H,18,20). The summed E-state index contributed by atoms with van der Waals surface area (Å²) in [7, 11) is 0. The van der Waals surface area contributed by atoms with Gasteiger partial charge < -0.3 is 10.7 Å². The number of hydrogen-bond acceptors (Lipinski definition) is 4. The summed E-state index contributed by atoms with van der Waals surface area (Å²) in [5.74, 6) is 5.50. The van der Waals surface area contributed by atoms with Gasteiger partial charge in [-0.3, -0.25) is 4.79 Å². The van der Waals surface area contributed by atoms with Gasteiger partial charge in [-0.1, -0.05) is 11.6 Å². The summed E-state index contributed by atoms with van der Waals surface area (Å²) in [5, 5.41) is 3.38. The van der Waals surface area contributed by atoms with Crippen molar-refractivity contribution in [2.24, 2.45) is 5.84 Å². The van der Waals surface area contributed by atoms with Crippen molar-refractivity contribution in [3.63, 3.8) is 0 Å². The van der Waals surface area contributed by atoms with Crippen molar-refractivity contribution in [3.8, 4) is 0 Å². The maximum atomic E-state index is 12.2. The lowest BCUT2D eigenvalue weighted by molar-refractivity contribution is 0.102. The van der Waals surface area contributed by atoms with E-state index in [0.717, 1.165) is 0 Å². The average molecular weight is 356 g/mol. The fourth-order valence-electron chi connectivity index (χ4n) is 1.66. The molecule has 1 aromatic carbocycles. The van der Waals surface area contributed by atoms with Gasteiger partial charge in [0.25, 0.3) is 5.91 Å². The Morgan fingerprint density at radius 3 is 2.75 bits per heavy atom. The molecule has 2 rings (SSSR count). The maximum absolute atomic E-state index is 12.2. The number of carbonyl (C=O) groups excluding carboxylic acids is 1. The van der Waals surface area contributed by atoms with Crippen molar-refractivity contribution in [3.05, 3.63) is 51.1 Å². The van der Waals surface area contributed by atoms with Gasteiger partial charge in [-0.05, 0) is 53.2 Å². The molecule has 0 unspecified atom stereocenters. The van der Waals surface area contributed by atoms with Crippen molar-refractivity contribution in [1.82, 2.24) is 4.98 Å². The second kappa shape index (κ2) is 6.21. The van der Waals surface area contributed by atoms with Crippen LogP contribution in [0.1, 0.15) is 16.1 Å². The fraction of sp³-hybridized carbons (Fsp3) is 0.0769. The monoisotopic (exact) mass is 354 g/mol. The molecule has 0 aliphatic heterocycles. The summed E-state index contributed by atoms with van der Waals surface area (Å²) < 4.78 is 0.710. The Hall–Kier alpha value is -1.63. The van der Waals surface area contributed by atoms with Crippen LogP contribution in [0.4, 0.5) is 11.5 Å². The Bertz CT molecular complexity index is 663. The summed E-state index contributed by atoms with van der Waals surface area (Å²) in [6.45, 7) is 1.79. The summed E-state index contributed by atoms with van der Waals surface area (Å²) in [4.78, 5) is 16.3. The minimum absolute atomic E-state index is 0.255. The summed E-state index contributed by atoms with van der Waals surface area (Å²) in [6, 6.07) is 8.39. The van der Waals surface area contributed by atoms with Crippen molar-refractivity contribution >= 4 is 44.9 Å². The molecule has 2 aromatic rings. The van der Waals surface area contributed by atoms with E-state index in [9.17, 15) is 4.79 Å². The SMILES string of the molecule is Cc1cc(C(=O)Nc2ccc(Cl)cc2Br)cc(NN)n1. The van der Waals surface area contributed by atoms with Crippen LogP contribution in [-0.4, -0.2) is 10.9 Å². The molecule has 104 valence electrons. The molecule has 1 heterocycles. The molecule has 4 N–H and O–H groups in total. The minimum atomic E-state index is -0.255. The van der Waals surface area contributed by atoms with Crippen LogP contribution in [0.25, 0.3) is 0 Å². The first-order valence-corrected chi connectivity index (χ1v) is 6.88. The fourth-order valence-corrected chi connectivity index (χ4v) is 2.44. The molecule has 1 amide bonds. The van der Waals surface area contributed by atoms with Crippen LogP contribution in [0.2, 0.25) is 5.02 Å². The number of nitrogen functional groups attached to an aromatic ring is 1. The summed E-state index contributed by atoms with van der Waals surface area (Å²) >= 11 is 9.20. The van der Waals surface area contributed by atoms with E-state index in [1.54, 1.807) is 37.3 Å². The van der Waals surface area contributed by atoms with E-state index in [0.29, 0.717) is 32.3 Å². The molecule has 7 heteroatoms. The second-order valence-electron chi connectivity index (χ2n) is 4.11. The number of hydrogen-bond donors (Lipinski definition) is 3. The maximum Gasteiger partial charge on any atom is 0.255 e. The lowest BCUT2D eigenvalue weighted by atomic mass is 10.2. The lowest BCUT2D eigenvalue weighted by Crippen LogP contribution is -2.15. The highest BCUT2D eigenvalue weighted by Crippen LogP contribution is 2.26. The van der Waals surface area contributed by atoms with Gasteiger partial charge in [0.2, 0.25) is 0 Å². The molecular weight excluding hydrogens is 344 g/mol. The van der Waals surface area contributed by atoms with Crippen LogP contribution in [0.15, 0.2) is 34.8 Å². The molecule has 0 spiro atoms. The number of rotatable bonds is 3. The topological polar surface area (TPSA) is 80.0 Å². The number of amides is 1. The highest BCUT2D eigenvalue weighted by atomic mass is 79.9. The molecule has 0 radical (unpaired) electrons. The van der Waals surface area contributed by atoms with Gasteiger partial charge >= 0.3 is 0 Å². The third-order valence-corrected chi connectivity index (χ3v) is 3.43. The first-order valence-electron chi connectivity index (χ1n) is 5.71. The first kappa shape index (κ1) is 14.8. The zero-order valence-corrected chi connectivity index (χ0v) is 12.9. The van der Waals surface area contributed by atoms with E-state index in [2.05, 4.69) is 31.7 Å². The van der Waals surface area contributed by atoms with Crippen LogP contribution in [0.3, 0.4) is 0 Å². The Kier molecular flexibility index (Phi) is 4.59. The van der Waals surface area contributed by atoms with E-state index >= 15 is 0 Å². The zero-order valence-electron chi connectivity index (χ0n) is 10.6. The lowest BCUT2D eigenvalue weighted by Gasteiger charge is -2.09. The van der Waals surface area contributed by atoms with E-state index in [-0.39, 0.29) is 5.91 Å². The van der Waals surface area contributed by atoms with Gasteiger partial charge in [0.05, 0.1) is 5.69 Å². The van der Waals surface area contributed by atoms with E-state index in [4.69, 9.17) is 17.4 Å². The van der Waals surface area contributed by atoms with Crippen LogP contribution >= 0.6 is 27.5 Å². The summed E-state index contributed by atoms with van der Waals surface area (Å²) in [6.07, 6.45) is 0. The van der Waals surface area contributed by atoms with Crippen LogP contribution in [0, 0.1) is 6.92 Å². The molecular formula is C13H12BrClN4O. The molecule has 0 fully saturated rings. The van der Waals surface area contributed by atoms with Gasteiger partial charge in [-0.2, -0.15) is 0 Å². The number of anilines is 2. The number of pyridine rings is 1. The molecule has 0 bridgehead atoms. The highest BCUT2D eigenvalue weighted by molar-refractivity contribution is 9.10. The Morgan fingerprint density at radius 1 is 1.35 bits per heavy atom. The van der Waals surface area contributed by atoms with Crippen LogP contribution in [-0.2, 0) is 0 Å². The number of hydrazine groups is 1. The molecule has 1 aromatic heterocycles. The molecule has 0 atom stereocenters. The third kappa shape index (κ3) is 3.47. The summed E-state index contributed by atoms with van der Waals surface area (Å²) in [5.41, 5.74) is 4.22. The number of aryl methyl sites for hydroxylation is 1. The van der Waals surface area contributed by atoms with Crippen molar-refractivity contribution in [1.29, 1.82) is 0 Å². The third-order valence-electron chi connectivity index (χ3n) is 2.54. The van der Waals surface area contributed by atoms with E-state index < -0.39 is 0 Å². The van der Waals surface area contributed by atoms with Crippen LogP contribution in [0.5, 0.6) is 0 Å². The molecule has 0 saturated heterocycles. The minimum Gasteiger partial charge on any atom is -0.321 e. The number of nitrogens with two attached hydrogens (primary N) is 1. The molecule has 0 aliphatic carbocycles. The first-order chi connectivity index (χ1) is 9.49. The average Bonchev–Trinajstić information content (AvgIpc) is 2.41. The van der Waals surface area contributed by atoms with Crippen molar-refractivity contribution in [2.45, 2.75) is 6.92 Å². The number of nitrogens with one attached hydrogen (secondary N) is 2. The predicted molar refractivity (Wildman–Crippen MR) is 83.9 cm³/mol. The number of halogens is 2. The smallest absolute Gasteiger partial charge is 0.255 e. The largest absolute Gasteiger partial charge is 0.321 e. The number of aromatic nitrogens is 1. The normalized spacial score (nSPS) is 10.2. The number of nitrogens with zero attached hydrogens (tertiary/aromatic N) is 1. The number of carbonyl (C=O) groups is 1. The zero-order chi connectivity index (χ0) is 14.7. The van der Waals surface area contributed by atoms with Crippen molar-refractivity contribution in [2.75, 3.05) is 10.7 Å². The number of benzene rings is 1. The quantitative estimate of drug-likeness (QED) is 0.583. The van der Waals surface area contributed by atoms with E-state index in [1.807, 2.05) is 0 Å². The van der Waals surface area contributed by atoms with Crippen LogP contribution < -0.4 is 16.6 Å². The molecule has 5 nitrogen and oxygen atoms in total. The van der Waals surface area contributed by atoms with Gasteiger partial charge in [0.15, 0.2) is 0 Å². The van der Waals surface area contributed by atoms with E-state index in [1.165, 1.54) is 0 Å². The van der Waals surface area contributed by atoms with Gasteiger partial charge in [0.1, 0.15) is 5.82 Å². The highest BCUT2D eigenvalue weighted by Gasteiger charge is 2.10. The Morgan fingerprint density at radius 2 is 2.10 bits per heavy atom. The molecule has 0 aliphatic rings. The molecule has 0 saturated carbocycles. The Balaban J connectivity index is 2.26. The second-order valence-corrected chi connectivity index (χ2v) is 5.40. The molecule has 20 heavy (non-hydrogen) atoms. The van der Waals surface area contributed by atoms with Gasteiger partial charge in [-0.15, -0.1) is 0 Å². The van der Waals surface area contributed by atoms with Gasteiger partial charge in [-0.25, -0.2) is 10.8 Å². The van der Waals surface area contributed by atoms with Crippen molar-refractivity contribution < 1.29 is 4.79 Å². The Labute approximate surface area is 129 Å². The predicted octanol–water partition coefficient (Wildman–Crippen LogP) is 3.34.